The summed E-state index contributed by atoms with van der Waals surface area (Å²) in [7, 11) is -2.18. The Hall–Kier alpha value is -3.56. The molecule has 5 heteroatoms. The number of nitrogens with one attached hydrogen (secondary N) is 1. The van der Waals surface area contributed by atoms with Crippen LogP contribution in [0, 0.1) is 0 Å². The van der Waals surface area contributed by atoms with Crippen LogP contribution in [-0.2, 0) is 16.4 Å². The maximum Gasteiger partial charge on any atom is 0.139 e. The Balaban J connectivity index is 1.55. The highest BCUT2D eigenvalue weighted by atomic mass is 32.2. The summed E-state index contributed by atoms with van der Waals surface area (Å²) in [6.45, 7) is 10.6. The molecule has 1 aliphatic heterocycles. The van der Waals surface area contributed by atoms with E-state index in [9.17, 15) is 4.21 Å². The molecular weight excluding hydrogens is 565 g/mol. The highest BCUT2D eigenvalue weighted by molar-refractivity contribution is 7.84. The second-order valence-corrected chi connectivity index (χ2v) is 16.6. The summed E-state index contributed by atoms with van der Waals surface area (Å²) in [6.07, 6.45) is 0. The van der Waals surface area contributed by atoms with Crippen LogP contribution >= 0.6 is 7.92 Å². The second-order valence-electron chi connectivity index (χ2n) is 12.5. The fourth-order valence-electron chi connectivity index (χ4n) is 5.76. The SMILES string of the molecule is CC1(C)c2cccc([C@H](NS(=O)C(C)(C)C)c3ccccc3)c2Oc2c(P(c3ccccc3)c3ccccc3)cccc21. The van der Waals surface area contributed by atoms with Crippen molar-refractivity contribution >= 4 is 34.8 Å². The third kappa shape index (κ3) is 5.72. The lowest BCUT2D eigenvalue weighted by molar-refractivity contribution is 0.413. The summed E-state index contributed by atoms with van der Waals surface area (Å²) >= 11 is 0. The van der Waals surface area contributed by atoms with Gasteiger partial charge in [0.2, 0.25) is 0 Å². The van der Waals surface area contributed by atoms with E-state index in [4.69, 9.17) is 4.74 Å². The highest BCUT2D eigenvalue weighted by Gasteiger charge is 2.39. The van der Waals surface area contributed by atoms with Crippen LogP contribution < -0.4 is 25.4 Å². The first kappa shape index (κ1) is 29.5. The Morgan fingerprint density at radius 2 is 1.19 bits per heavy atom. The summed E-state index contributed by atoms with van der Waals surface area (Å²) in [5, 5.41) is 3.75. The molecule has 2 atom stereocenters. The molecule has 1 N–H and O–H groups in total. The molecule has 6 rings (SSSR count). The first-order valence-corrected chi connectivity index (χ1v) is 17.2. The van der Waals surface area contributed by atoms with Gasteiger partial charge in [-0.25, -0.2) is 8.93 Å². The first-order chi connectivity index (χ1) is 20.7. The fraction of sp³-hybridized carbons (Fsp3) is 0.211. The topological polar surface area (TPSA) is 38.3 Å². The van der Waals surface area contributed by atoms with Gasteiger partial charge >= 0.3 is 0 Å². The molecule has 1 aliphatic rings. The van der Waals surface area contributed by atoms with Gasteiger partial charge in [-0.1, -0.05) is 141 Å². The van der Waals surface area contributed by atoms with E-state index in [1.807, 2.05) is 39.0 Å². The monoisotopic (exact) mass is 603 g/mol. The van der Waals surface area contributed by atoms with Crippen LogP contribution in [0.2, 0.25) is 0 Å². The molecule has 0 fully saturated rings. The van der Waals surface area contributed by atoms with Crippen LogP contribution in [0.4, 0.5) is 0 Å². The smallest absolute Gasteiger partial charge is 0.139 e. The van der Waals surface area contributed by atoms with Gasteiger partial charge in [-0.15, -0.1) is 0 Å². The molecule has 0 amide bonds. The highest BCUT2D eigenvalue weighted by Crippen LogP contribution is 2.52. The minimum absolute atomic E-state index is 0.312. The molecule has 43 heavy (non-hydrogen) atoms. The molecule has 0 saturated carbocycles. The molecule has 5 aromatic rings. The van der Waals surface area contributed by atoms with E-state index in [0.29, 0.717) is 0 Å². The van der Waals surface area contributed by atoms with E-state index >= 15 is 0 Å². The lowest BCUT2D eigenvalue weighted by Crippen LogP contribution is -2.37. The third-order valence-electron chi connectivity index (χ3n) is 8.09. The molecule has 1 unspecified atom stereocenters. The molecule has 0 saturated heterocycles. The summed E-state index contributed by atoms with van der Waals surface area (Å²) in [4.78, 5) is 0. The molecule has 0 aliphatic carbocycles. The number of hydrogen-bond acceptors (Lipinski definition) is 2. The van der Waals surface area contributed by atoms with Crippen LogP contribution in [0.25, 0.3) is 0 Å². The predicted octanol–water partition coefficient (Wildman–Crippen LogP) is 8.02. The van der Waals surface area contributed by atoms with Crippen LogP contribution in [0.1, 0.15) is 62.9 Å². The van der Waals surface area contributed by atoms with Crippen molar-refractivity contribution in [2.75, 3.05) is 0 Å². The van der Waals surface area contributed by atoms with Crippen molar-refractivity contribution in [3.8, 4) is 11.5 Å². The number of fused-ring (bicyclic) bond motifs is 2. The van der Waals surface area contributed by atoms with Gasteiger partial charge in [0.25, 0.3) is 0 Å². The van der Waals surface area contributed by atoms with Crippen molar-refractivity contribution in [3.05, 3.63) is 150 Å². The van der Waals surface area contributed by atoms with Crippen molar-refractivity contribution < 1.29 is 8.95 Å². The standard InChI is InChI=1S/C38H38NO2PS/c1-37(2,3)43(40)39-34(27-17-9-6-10-18-27)30-23-15-24-31-35(30)41-36-32(38(31,4)5)25-16-26-33(36)42(28-19-11-7-12-20-28)29-21-13-8-14-22-29/h6-26,34,39H,1-5H3/t34-,43?/m1/s1. The number of para-hydroxylation sites is 2. The normalized spacial score (nSPS) is 15.2. The molecule has 218 valence electrons. The van der Waals surface area contributed by atoms with Crippen molar-refractivity contribution in [3.63, 3.8) is 0 Å². The van der Waals surface area contributed by atoms with Crippen molar-refractivity contribution in [1.82, 2.24) is 4.72 Å². The van der Waals surface area contributed by atoms with E-state index in [-0.39, 0.29) is 11.5 Å². The number of benzene rings is 5. The van der Waals surface area contributed by atoms with Crippen LogP contribution in [-0.4, -0.2) is 8.96 Å². The van der Waals surface area contributed by atoms with Crippen molar-refractivity contribution in [2.24, 2.45) is 0 Å². The van der Waals surface area contributed by atoms with Crippen LogP contribution in [0.15, 0.2) is 127 Å². The van der Waals surface area contributed by atoms with Crippen molar-refractivity contribution in [2.45, 2.75) is 50.8 Å². The second kappa shape index (κ2) is 11.8. The lowest BCUT2D eigenvalue weighted by Gasteiger charge is -2.38. The van der Waals surface area contributed by atoms with E-state index in [2.05, 4.69) is 128 Å². The van der Waals surface area contributed by atoms with Gasteiger partial charge in [0.1, 0.15) is 11.5 Å². The van der Waals surface area contributed by atoms with Gasteiger partial charge in [0.05, 0.1) is 21.8 Å². The number of hydrogen-bond donors (Lipinski definition) is 1. The Bertz CT molecular complexity index is 1710. The Morgan fingerprint density at radius 1 is 0.674 bits per heavy atom. The van der Waals surface area contributed by atoms with Gasteiger partial charge in [0, 0.05) is 27.4 Å². The maximum absolute atomic E-state index is 13.5. The minimum Gasteiger partial charge on any atom is -0.456 e. The average Bonchev–Trinajstić information content (AvgIpc) is 3.01. The summed E-state index contributed by atoms with van der Waals surface area (Å²) < 4.78 is 23.7. The third-order valence-corrected chi connectivity index (χ3v) is 12.1. The molecule has 1 heterocycles. The lowest BCUT2D eigenvalue weighted by atomic mass is 9.74. The molecule has 5 aromatic carbocycles. The van der Waals surface area contributed by atoms with Crippen LogP contribution in [0.5, 0.6) is 11.5 Å². The van der Waals surface area contributed by atoms with Gasteiger partial charge in [-0.05, 0) is 44.9 Å². The summed E-state index contributed by atoms with van der Waals surface area (Å²) in [5.74, 6) is 1.77. The molecular formula is C38H38NO2PS. The zero-order valence-corrected chi connectivity index (χ0v) is 27.1. The molecule has 0 aromatic heterocycles. The molecule has 0 spiro atoms. The van der Waals surface area contributed by atoms with Gasteiger partial charge in [-0.3, -0.25) is 0 Å². The molecule has 3 nitrogen and oxygen atoms in total. The van der Waals surface area contributed by atoms with E-state index in [1.54, 1.807) is 0 Å². The quantitative estimate of drug-likeness (QED) is 0.191. The van der Waals surface area contributed by atoms with E-state index in [1.165, 1.54) is 21.5 Å². The summed E-state index contributed by atoms with van der Waals surface area (Å²) in [5.41, 5.74) is 4.02. The predicted molar refractivity (Wildman–Crippen MR) is 183 cm³/mol. The summed E-state index contributed by atoms with van der Waals surface area (Å²) in [6, 6.07) is 44.5. The Kier molecular flexibility index (Phi) is 8.13. The van der Waals surface area contributed by atoms with Gasteiger partial charge in [-0.2, -0.15) is 0 Å². The van der Waals surface area contributed by atoms with E-state index in [0.717, 1.165) is 28.2 Å². The molecule has 0 bridgehead atoms. The van der Waals surface area contributed by atoms with Crippen molar-refractivity contribution in [1.29, 1.82) is 0 Å². The number of rotatable bonds is 7. The molecule has 0 radical (unpaired) electrons. The Morgan fingerprint density at radius 3 is 1.74 bits per heavy atom. The largest absolute Gasteiger partial charge is 0.456 e. The minimum atomic E-state index is -1.30. The maximum atomic E-state index is 13.5. The zero-order valence-electron chi connectivity index (χ0n) is 25.4. The van der Waals surface area contributed by atoms with Crippen LogP contribution in [0.3, 0.4) is 0 Å². The zero-order chi connectivity index (χ0) is 30.2. The number of ether oxygens (including phenoxy) is 1. The van der Waals surface area contributed by atoms with Gasteiger partial charge in [0.15, 0.2) is 0 Å². The average molecular weight is 604 g/mol. The Labute approximate surface area is 259 Å². The van der Waals surface area contributed by atoms with Gasteiger partial charge < -0.3 is 4.74 Å². The van der Waals surface area contributed by atoms with E-state index < -0.39 is 23.7 Å². The first-order valence-electron chi connectivity index (χ1n) is 14.7. The fourth-order valence-corrected chi connectivity index (χ4v) is 8.99.